The Hall–Kier alpha value is -1.04. The first-order valence-corrected chi connectivity index (χ1v) is 3.37. The molecule has 1 rings (SSSR count). The van der Waals surface area contributed by atoms with E-state index in [4.69, 9.17) is 23.1 Å². The molecule has 2 nitrogen and oxygen atoms in total. The van der Waals surface area contributed by atoms with Gasteiger partial charge >= 0.3 is 0 Å². The molecule has 0 amide bonds. The summed E-state index contributed by atoms with van der Waals surface area (Å²) < 4.78 is 0. The average Bonchev–Trinajstić information content (AvgIpc) is 2.05. The lowest BCUT2D eigenvalue weighted by atomic mass is 10.2. The molecule has 11 heavy (non-hydrogen) atoms. The minimum Gasteiger partial charge on any atom is -0.376 e. The first-order chi connectivity index (χ1) is 5.24. The smallest absolute Gasteiger partial charge is 0.141 e. The van der Waals surface area contributed by atoms with Crippen molar-refractivity contribution in [2.45, 2.75) is 6.10 Å². The van der Waals surface area contributed by atoms with Gasteiger partial charge in [-0.2, -0.15) is 0 Å². The number of terminal acetylenes is 1. The SMILES string of the molecule is C#CC(O)c1ccc(Cl)nc1. The fourth-order valence-electron chi connectivity index (χ4n) is 0.645. The van der Waals surface area contributed by atoms with Gasteiger partial charge in [0.25, 0.3) is 0 Å². The summed E-state index contributed by atoms with van der Waals surface area (Å²) in [7, 11) is 0. The summed E-state index contributed by atoms with van der Waals surface area (Å²) in [6.45, 7) is 0. The van der Waals surface area contributed by atoms with Crippen LogP contribution in [-0.2, 0) is 0 Å². The highest BCUT2D eigenvalue weighted by Gasteiger charge is 2.01. The largest absolute Gasteiger partial charge is 0.376 e. The van der Waals surface area contributed by atoms with Gasteiger partial charge in [-0.25, -0.2) is 4.98 Å². The van der Waals surface area contributed by atoms with Crippen molar-refractivity contribution in [1.29, 1.82) is 0 Å². The molecule has 0 bridgehead atoms. The van der Waals surface area contributed by atoms with Gasteiger partial charge in [0.2, 0.25) is 0 Å². The Labute approximate surface area is 69.8 Å². The molecule has 0 aliphatic rings. The number of aromatic nitrogens is 1. The maximum Gasteiger partial charge on any atom is 0.141 e. The zero-order chi connectivity index (χ0) is 8.27. The predicted octanol–water partition coefficient (Wildman–Crippen LogP) is 1.40. The van der Waals surface area contributed by atoms with E-state index in [1.807, 2.05) is 0 Å². The van der Waals surface area contributed by atoms with Gasteiger partial charge in [0.15, 0.2) is 0 Å². The molecule has 0 aliphatic carbocycles. The lowest BCUT2D eigenvalue weighted by molar-refractivity contribution is 0.238. The van der Waals surface area contributed by atoms with Crippen molar-refractivity contribution in [3.8, 4) is 12.3 Å². The third-order valence-corrected chi connectivity index (χ3v) is 1.45. The van der Waals surface area contributed by atoms with Crippen molar-refractivity contribution in [3.05, 3.63) is 29.0 Å². The fraction of sp³-hybridized carbons (Fsp3) is 0.125. The zero-order valence-electron chi connectivity index (χ0n) is 5.66. The minimum absolute atomic E-state index is 0.387. The van der Waals surface area contributed by atoms with E-state index in [0.717, 1.165) is 0 Å². The summed E-state index contributed by atoms with van der Waals surface area (Å²) >= 11 is 5.52. The third-order valence-electron chi connectivity index (χ3n) is 1.22. The fourth-order valence-corrected chi connectivity index (χ4v) is 0.757. The number of halogens is 1. The van der Waals surface area contributed by atoms with Gasteiger partial charge in [-0.15, -0.1) is 6.42 Å². The van der Waals surface area contributed by atoms with Crippen LogP contribution in [0.15, 0.2) is 18.3 Å². The number of hydrogen-bond acceptors (Lipinski definition) is 2. The van der Waals surface area contributed by atoms with Gasteiger partial charge in [0, 0.05) is 11.8 Å². The van der Waals surface area contributed by atoms with Crippen molar-refractivity contribution < 1.29 is 5.11 Å². The molecule has 0 saturated carbocycles. The highest BCUT2D eigenvalue weighted by molar-refractivity contribution is 6.29. The summed E-state index contributed by atoms with van der Waals surface area (Å²) in [6, 6.07) is 3.22. The number of aliphatic hydroxyl groups excluding tert-OH is 1. The molecule has 0 aromatic carbocycles. The van der Waals surface area contributed by atoms with E-state index in [-0.39, 0.29) is 0 Å². The second-order valence-electron chi connectivity index (χ2n) is 1.98. The summed E-state index contributed by atoms with van der Waals surface area (Å²) in [5, 5.41) is 9.49. The predicted molar refractivity (Wildman–Crippen MR) is 43.0 cm³/mol. The number of hydrogen-bond donors (Lipinski definition) is 1. The van der Waals surface area contributed by atoms with Crippen LogP contribution in [0.4, 0.5) is 0 Å². The molecular formula is C8H6ClNO. The topological polar surface area (TPSA) is 33.1 Å². The standard InChI is InChI=1S/C8H6ClNO/c1-2-7(11)6-3-4-8(9)10-5-6/h1,3-5,7,11H. The van der Waals surface area contributed by atoms with Crippen molar-refractivity contribution in [2.24, 2.45) is 0 Å². The lowest BCUT2D eigenvalue weighted by Gasteiger charge is -2.00. The van der Waals surface area contributed by atoms with E-state index in [1.54, 1.807) is 12.1 Å². The first kappa shape index (κ1) is 8.06. The van der Waals surface area contributed by atoms with Crippen LogP contribution in [0, 0.1) is 12.3 Å². The molecule has 0 saturated heterocycles. The normalized spacial score (nSPS) is 12.1. The van der Waals surface area contributed by atoms with Gasteiger partial charge < -0.3 is 5.11 Å². The van der Waals surface area contributed by atoms with Crippen molar-refractivity contribution in [3.63, 3.8) is 0 Å². The van der Waals surface area contributed by atoms with Crippen molar-refractivity contribution >= 4 is 11.6 Å². The molecular weight excluding hydrogens is 162 g/mol. The molecule has 1 heterocycles. The maximum absolute atomic E-state index is 9.10. The quantitative estimate of drug-likeness (QED) is 0.507. The third kappa shape index (κ3) is 1.94. The van der Waals surface area contributed by atoms with E-state index in [9.17, 15) is 0 Å². The summed E-state index contributed by atoms with van der Waals surface area (Å²) in [6.07, 6.45) is 5.54. The molecule has 0 radical (unpaired) electrons. The number of rotatable bonds is 1. The van der Waals surface area contributed by atoms with Crippen LogP contribution in [0.2, 0.25) is 5.15 Å². The zero-order valence-corrected chi connectivity index (χ0v) is 6.42. The van der Waals surface area contributed by atoms with E-state index >= 15 is 0 Å². The number of nitrogens with zero attached hydrogens (tertiary/aromatic N) is 1. The van der Waals surface area contributed by atoms with E-state index in [0.29, 0.717) is 10.7 Å². The minimum atomic E-state index is -0.889. The summed E-state index contributed by atoms with van der Waals surface area (Å²) in [5.74, 6) is 2.17. The molecule has 1 aromatic heterocycles. The Morgan fingerprint density at radius 3 is 2.82 bits per heavy atom. The van der Waals surface area contributed by atoms with E-state index < -0.39 is 6.10 Å². The van der Waals surface area contributed by atoms with Crippen LogP contribution >= 0.6 is 11.6 Å². The van der Waals surface area contributed by atoms with Gasteiger partial charge in [0.05, 0.1) is 0 Å². The first-order valence-electron chi connectivity index (χ1n) is 2.99. The Morgan fingerprint density at radius 2 is 2.36 bits per heavy atom. The van der Waals surface area contributed by atoms with Gasteiger partial charge in [0.1, 0.15) is 11.3 Å². The van der Waals surface area contributed by atoms with Crippen LogP contribution < -0.4 is 0 Å². The van der Waals surface area contributed by atoms with Crippen LogP contribution in [0.5, 0.6) is 0 Å². The lowest BCUT2D eigenvalue weighted by Crippen LogP contribution is -1.93. The van der Waals surface area contributed by atoms with E-state index in [1.165, 1.54) is 6.20 Å². The van der Waals surface area contributed by atoms with Crippen LogP contribution in [0.3, 0.4) is 0 Å². The molecule has 0 aliphatic heterocycles. The van der Waals surface area contributed by atoms with Gasteiger partial charge in [-0.3, -0.25) is 0 Å². The summed E-state index contributed by atoms with van der Waals surface area (Å²) in [5.41, 5.74) is 0.580. The molecule has 3 heteroatoms. The number of pyridine rings is 1. The Kier molecular flexibility index (Phi) is 2.48. The maximum atomic E-state index is 9.10. The monoisotopic (exact) mass is 167 g/mol. The highest BCUT2D eigenvalue weighted by Crippen LogP contribution is 2.12. The second-order valence-corrected chi connectivity index (χ2v) is 2.37. The molecule has 56 valence electrons. The molecule has 0 fully saturated rings. The van der Waals surface area contributed by atoms with E-state index in [2.05, 4.69) is 10.9 Å². The number of aliphatic hydroxyl groups is 1. The molecule has 1 N–H and O–H groups in total. The molecule has 1 atom stereocenters. The Balaban J connectivity index is 2.92. The molecule has 1 aromatic rings. The van der Waals surface area contributed by atoms with Crippen LogP contribution in [0.1, 0.15) is 11.7 Å². The molecule has 0 spiro atoms. The second kappa shape index (κ2) is 3.38. The van der Waals surface area contributed by atoms with Crippen LogP contribution in [0.25, 0.3) is 0 Å². The van der Waals surface area contributed by atoms with Crippen LogP contribution in [-0.4, -0.2) is 10.1 Å². The van der Waals surface area contributed by atoms with Crippen molar-refractivity contribution in [2.75, 3.05) is 0 Å². The Bertz CT molecular complexity index is 275. The Morgan fingerprint density at radius 1 is 1.64 bits per heavy atom. The van der Waals surface area contributed by atoms with Gasteiger partial charge in [-0.1, -0.05) is 23.6 Å². The van der Waals surface area contributed by atoms with Crippen molar-refractivity contribution in [1.82, 2.24) is 4.98 Å². The highest BCUT2D eigenvalue weighted by atomic mass is 35.5. The summed E-state index contributed by atoms with van der Waals surface area (Å²) in [4.78, 5) is 3.76. The van der Waals surface area contributed by atoms with Gasteiger partial charge in [-0.05, 0) is 6.07 Å². The average molecular weight is 168 g/mol. The molecule has 1 unspecified atom stereocenters.